The first-order valence-corrected chi connectivity index (χ1v) is 2.77. The number of hydrogen-bond acceptors (Lipinski definition) is 2. The van der Waals surface area contributed by atoms with Gasteiger partial charge in [-0.15, -0.1) is 0 Å². The Morgan fingerprint density at radius 1 is 2.00 bits per heavy atom. The molecule has 0 aliphatic rings. The molecule has 0 aromatic carbocycles. The molecule has 0 saturated heterocycles. The highest BCUT2D eigenvalue weighted by atomic mass is 31.1. The summed E-state index contributed by atoms with van der Waals surface area (Å²) in [6.07, 6.45) is 0.783. The molecular formula is C3H8NOP. The number of nitrogens with two attached hydrogens (primary N) is 1. The lowest BCUT2D eigenvalue weighted by molar-refractivity contribution is 0.589. The van der Waals surface area contributed by atoms with Gasteiger partial charge in [-0.25, -0.2) is 0 Å². The first-order valence-electron chi connectivity index (χ1n) is 1.89. The fraction of sp³-hybridized carbons (Fsp3) is 1.00. The van der Waals surface area contributed by atoms with Gasteiger partial charge in [-0.1, -0.05) is 6.92 Å². The van der Waals surface area contributed by atoms with Gasteiger partial charge in [-0.3, -0.25) is 4.57 Å². The van der Waals surface area contributed by atoms with E-state index in [-0.39, 0.29) is 14.2 Å². The molecule has 2 nitrogen and oxygen atoms in total. The highest BCUT2D eigenvalue weighted by Gasteiger charge is 1.91. The summed E-state index contributed by atoms with van der Waals surface area (Å²) in [6.45, 7) is 1.90. The van der Waals surface area contributed by atoms with Gasteiger partial charge in [-0.2, -0.15) is 0 Å². The Hall–Kier alpha value is 0.0600. The van der Waals surface area contributed by atoms with Gasteiger partial charge in [0.05, 0.1) is 5.78 Å². The van der Waals surface area contributed by atoms with Crippen molar-refractivity contribution in [3.63, 3.8) is 0 Å². The molecule has 0 rings (SSSR count). The van der Waals surface area contributed by atoms with Gasteiger partial charge in [0.25, 0.3) is 0 Å². The molecule has 0 radical (unpaired) electrons. The predicted octanol–water partition coefficient (Wildman–Crippen LogP) is 0.973. The van der Waals surface area contributed by atoms with E-state index in [1.165, 1.54) is 0 Å². The highest BCUT2D eigenvalue weighted by Crippen LogP contribution is 2.00. The quantitative estimate of drug-likeness (QED) is 0.532. The predicted molar refractivity (Wildman–Crippen MR) is 25.9 cm³/mol. The van der Waals surface area contributed by atoms with Crippen molar-refractivity contribution in [2.75, 3.05) is 0 Å². The molecule has 0 aliphatic heterocycles. The third-order valence-corrected chi connectivity index (χ3v) is 1.19. The van der Waals surface area contributed by atoms with Crippen molar-refractivity contribution < 1.29 is 4.57 Å². The molecule has 0 saturated carbocycles. The van der Waals surface area contributed by atoms with E-state index >= 15 is 0 Å². The minimum atomic E-state index is -0.148. The second-order valence-electron chi connectivity index (χ2n) is 1.08. The minimum Gasteiger partial charge on any atom is -0.318 e. The van der Waals surface area contributed by atoms with Crippen LogP contribution in [-0.2, 0) is 4.57 Å². The van der Waals surface area contributed by atoms with Crippen LogP contribution in [0.15, 0.2) is 0 Å². The molecule has 1 atom stereocenters. The lowest BCUT2D eigenvalue weighted by atomic mass is 10.5. The zero-order valence-corrected chi connectivity index (χ0v) is 4.61. The SMILES string of the molecule is CCC(N)P=O. The third-order valence-electron chi connectivity index (χ3n) is 0.554. The van der Waals surface area contributed by atoms with Crippen molar-refractivity contribution in [3.8, 4) is 0 Å². The molecular weight excluding hydrogens is 97.0 g/mol. The molecule has 3 heteroatoms. The van der Waals surface area contributed by atoms with Crippen LogP contribution in [0.25, 0.3) is 0 Å². The highest BCUT2D eigenvalue weighted by molar-refractivity contribution is 7.24. The van der Waals surface area contributed by atoms with Gasteiger partial charge in [0.1, 0.15) is 0 Å². The van der Waals surface area contributed by atoms with E-state index < -0.39 is 0 Å². The van der Waals surface area contributed by atoms with Crippen molar-refractivity contribution in [2.24, 2.45) is 5.73 Å². The molecule has 0 aromatic heterocycles. The normalized spacial score (nSPS) is 15.0. The first kappa shape index (κ1) is 6.06. The van der Waals surface area contributed by atoms with Crippen LogP contribution in [0.4, 0.5) is 0 Å². The maximum absolute atomic E-state index is 9.71. The summed E-state index contributed by atoms with van der Waals surface area (Å²) in [5.41, 5.74) is 5.15. The van der Waals surface area contributed by atoms with Gasteiger partial charge >= 0.3 is 0 Å². The van der Waals surface area contributed by atoms with Gasteiger partial charge in [0, 0.05) is 0 Å². The van der Waals surface area contributed by atoms with E-state index in [1.807, 2.05) is 6.92 Å². The van der Waals surface area contributed by atoms with E-state index in [2.05, 4.69) is 0 Å². The summed E-state index contributed by atoms with van der Waals surface area (Å²) in [5, 5.41) is 0. The van der Waals surface area contributed by atoms with Gasteiger partial charge in [0.15, 0.2) is 8.46 Å². The molecule has 0 aromatic rings. The van der Waals surface area contributed by atoms with Crippen molar-refractivity contribution in [3.05, 3.63) is 0 Å². The van der Waals surface area contributed by atoms with E-state index in [0.29, 0.717) is 0 Å². The summed E-state index contributed by atoms with van der Waals surface area (Å²) < 4.78 is 9.71. The fourth-order valence-electron chi connectivity index (χ4n) is 0.0745. The maximum atomic E-state index is 9.71. The third kappa shape index (κ3) is 2.31. The van der Waals surface area contributed by atoms with E-state index in [9.17, 15) is 4.57 Å². The van der Waals surface area contributed by atoms with Crippen molar-refractivity contribution in [1.82, 2.24) is 0 Å². The minimum absolute atomic E-state index is 0.0559. The lowest BCUT2D eigenvalue weighted by Gasteiger charge is -1.89. The molecule has 0 bridgehead atoms. The summed E-state index contributed by atoms with van der Waals surface area (Å²) in [7, 11) is 0.0559. The van der Waals surface area contributed by atoms with Crippen molar-refractivity contribution >= 4 is 8.46 Å². The molecule has 36 valence electrons. The van der Waals surface area contributed by atoms with E-state index in [4.69, 9.17) is 5.73 Å². The van der Waals surface area contributed by atoms with Crippen LogP contribution in [0.3, 0.4) is 0 Å². The molecule has 0 aliphatic carbocycles. The lowest BCUT2D eigenvalue weighted by Crippen LogP contribution is -2.08. The van der Waals surface area contributed by atoms with Crippen LogP contribution >= 0.6 is 8.46 Å². The largest absolute Gasteiger partial charge is 0.318 e. The molecule has 0 heterocycles. The van der Waals surface area contributed by atoms with Gasteiger partial charge < -0.3 is 5.73 Å². The molecule has 0 spiro atoms. The second kappa shape index (κ2) is 3.26. The Morgan fingerprint density at radius 2 is 2.50 bits per heavy atom. The topological polar surface area (TPSA) is 43.1 Å². The molecule has 0 amide bonds. The van der Waals surface area contributed by atoms with Crippen molar-refractivity contribution in [2.45, 2.75) is 19.1 Å². The maximum Gasteiger partial charge on any atom is 0.173 e. The molecule has 0 fully saturated rings. The Balaban J connectivity index is 2.96. The number of rotatable bonds is 2. The first-order chi connectivity index (χ1) is 2.81. The van der Waals surface area contributed by atoms with E-state index in [1.54, 1.807) is 0 Å². The van der Waals surface area contributed by atoms with Crippen LogP contribution in [0.5, 0.6) is 0 Å². The molecule has 2 N–H and O–H groups in total. The van der Waals surface area contributed by atoms with Gasteiger partial charge in [-0.05, 0) is 6.42 Å². The smallest absolute Gasteiger partial charge is 0.173 e. The molecule has 1 unspecified atom stereocenters. The number of hydrogen-bond donors (Lipinski definition) is 1. The van der Waals surface area contributed by atoms with Crippen LogP contribution in [0, 0.1) is 0 Å². The Labute approximate surface area is 38.9 Å². The Bertz CT molecular complexity index is 48.1. The van der Waals surface area contributed by atoms with Crippen LogP contribution in [0.1, 0.15) is 13.3 Å². The zero-order chi connectivity index (χ0) is 4.99. The summed E-state index contributed by atoms with van der Waals surface area (Å²) >= 11 is 0. The fourth-order valence-corrected chi connectivity index (χ4v) is 0.224. The monoisotopic (exact) mass is 105 g/mol. The molecule has 6 heavy (non-hydrogen) atoms. The van der Waals surface area contributed by atoms with Crippen LogP contribution < -0.4 is 5.73 Å². The van der Waals surface area contributed by atoms with Crippen LogP contribution in [-0.4, -0.2) is 5.78 Å². The van der Waals surface area contributed by atoms with Crippen molar-refractivity contribution in [1.29, 1.82) is 0 Å². The summed E-state index contributed by atoms with van der Waals surface area (Å²) in [6, 6.07) is 0. The average molecular weight is 105 g/mol. The van der Waals surface area contributed by atoms with Gasteiger partial charge in [0.2, 0.25) is 0 Å². The summed E-state index contributed by atoms with van der Waals surface area (Å²) in [4.78, 5) is 0. The Morgan fingerprint density at radius 3 is 2.50 bits per heavy atom. The average Bonchev–Trinajstić information content (AvgIpc) is 1.65. The van der Waals surface area contributed by atoms with Crippen LogP contribution in [0.2, 0.25) is 0 Å². The standard InChI is InChI=1S/C3H8NOP/c1-2-3(4)6-5/h3H,2,4H2,1H3. The Kier molecular flexibility index (Phi) is 3.29. The van der Waals surface area contributed by atoms with E-state index in [0.717, 1.165) is 6.42 Å². The second-order valence-corrected chi connectivity index (χ2v) is 1.96. The zero-order valence-electron chi connectivity index (χ0n) is 3.72. The summed E-state index contributed by atoms with van der Waals surface area (Å²) in [5.74, 6) is -0.148.